The first kappa shape index (κ1) is 21.0. The average Bonchev–Trinajstić information content (AvgIpc) is 3.39. The van der Waals surface area contributed by atoms with Gasteiger partial charge in [-0.1, -0.05) is 18.2 Å². The molecular weight excluding hydrogens is 414 g/mol. The van der Waals surface area contributed by atoms with Crippen LogP contribution in [-0.2, 0) is 11.3 Å². The van der Waals surface area contributed by atoms with Crippen molar-refractivity contribution in [3.63, 3.8) is 0 Å². The van der Waals surface area contributed by atoms with Crippen LogP contribution in [0.4, 0.5) is 11.5 Å². The highest BCUT2D eigenvalue weighted by molar-refractivity contribution is 5.91. The van der Waals surface area contributed by atoms with E-state index in [1.807, 2.05) is 77.6 Å². The lowest BCUT2D eigenvalue weighted by atomic mass is 10.1. The first-order chi connectivity index (χ1) is 16.2. The van der Waals surface area contributed by atoms with Gasteiger partial charge in [-0.2, -0.15) is 0 Å². The summed E-state index contributed by atoms with van der Waals surface area (Å²) in [6.07, 6.45) is 7.44. The fourth-order valence-corrected chi connectivity index (χ4v) is 4.40. The number of nitrogens with zero attached hydrogens (tertiary/aromatic N) is 4. The third-order valence-electron chi connectivity index (χ3n) is 6.09. The van der Waals surface area contributed by atoms with Gasteiger partial charge in [0.15, 0.2) is 5.82 Å². The quantitative estimate of drug-likeness (QED) is 0.487. The fraction of sp³-hybridized carbons (Fsp3) is 0.269. The van der Waals surface area contributed by atoms with E-state index in [1.54, 1.807) is 4.57 Å². The minimum Gasteiger partial charge on any atom is -0.352 e. The molecule has 1 fully saturated rings. The molecule has 33 heavy (non-hydrogen) atoms. The molecule has 2 aromatic heterocycles. The molecule has 2 aromatic carbocycles. The molecule has 0 unspecified atom stereocenters. The van der Waals surface area contributed by atoms with Gasteiger partial charge in [0, 0.05) is 49.8 Å². The van der Waals surface area contributed by atoms with E-state index < -0.39 is 0 Å². The molecule has 0 radical (unpaired) electrons. The molecule has 1 aliphatic rings. The maximum atomic E-state index is 13.4. The summed E-state index contributed by atoms with van der Waals surface area (Å²) in [4.78, 5) is 32.9. The van der Waals surface area contributed by atoms with Crippen molar-refractivity contribution in [2.24, 2.45) is 0 Å². The molecule has 0 bridgehead atoms. The highest BCUT2D eigenvalue weighted by Crippen LogP contribution is 2.19. The standard InChI is InChI=1S/C26H27N5O2/c32-24(27-20-9-8-10-21(19-20)29-14-6-7-15-29)13-18-31-23-12-3-2-11-22(23)28-25(26(31)33)30-16-4-1-5-17-30/h2-3,6-12,14-15,19H,1,4-5,13,16-18H2,(H,27,32). The van der Waals surface area contributed by atoms with Crippen molar-refractivity contribution in [1.29, 1.82) is 0 Å². The van der Waals surface area contributed by atoms with Gasteiger partial charge in [0.25, 0.3) is 5.56 Å². The van der Waals surface area contributed by atoms with E-state index in [1.165, 1.54) is 6.42 Å². The fourth-order valence-electron chi connectivity index (χ4n) is 4.40. The maximum Gasteiger partial charge on any atom is 0.294 e. The Hall–Kier alpha value is -3.87. The van der Waals surface area contributed by atoms with E-state index in [2.05, 4.69) is 15.2 Å². The molecule has 1 N–H and O–H groups in total. The SMILES string of the molecule is O=C(CCn1c(=O)c(N2CCCCC2)nc2ccccc21)Nc1cccc(-n2cccc2)c1. The van der Waals surface area contributed by atoms with Crippen LogP contribution >= 0.6 is 0 Å². The topological polar surface area (TPSA) is 72.2 Å². The Morgan fingerprint density at radius 2 is 1.73 bits per heavy atom. The molecule has 7 nitrogen and oxygen atoms in total. The van der Waals surface area contributed by atoms with Crippen LogP contribution in [0, 0.1) is 0 Å². The zero-order chi connectivity index (χ0) is 22.6. The number of benzene rings is 2. The molecule has 0 atom stereocenters. The zero-order valence-electron chi connectivity index (χ0n) is 18.5. The summed E-state index contributed by atoms with van der Waals surface area (Å²) in [5.74, 6) is 0.361. The van der Waals surface area contributed by atoms with Crippen molar-refractivity contribution in [3.8, 4) is 5.69 Å². The number of rotatable bonds is 6. The monoisotopic (exact) mass is 441 g/mol. The summed E-state index contributed by atoms with van der Waals surface area (Å²) in [7, 11) is 0. The third kappa shape index (κ3) is 4.53. The number of amides is 1. The largest absolute Gasteiger partial charge is 0.352 e. The summed E-state index contributed by atoms with van der Waals surface area (Å²) in [5.41, 5.74) is 3.11. The molecule has 4 aromatic rings. The summed E-state index contributed by atoms with van der Waals surface area (Å²) in [6, 6.07) is 19.3. The van der Waals surface area contributed by atoms with E-state index >= 15 is 0 Å². The van der Waals surface area contributed by atoms with Crippen LogP contribution < -0.4 is 15.8 Å². The first-order valence-electron chi connectivity index (χ1n) is 11.5. The van der Waals surface area contributed by atoms with Crippen molar-refractivity contribution in [3.05, 3.63) is 83.4 Å². The van der Waals surface area contributed by atoms with Gasteiger partial charge in [-0.25, -0.2) is 4.98 Å². The smallest absolute Gasteiger partial charge is 0.294 e. The lowest BCUT2D eigenvalue weighted by molar-refractivity contribution is -0.116. The molecule has 1 saturated heterocycles. The van der Waals surface area contributed by atoms with Crippen molar-refractivity contribution in [1.82, 2.24) is 14.1 Å². The summed E-state index contributed by atoms with van der Waals surface area (Å²) in [6.45, 7) is 1.99. The molecule has 5 rings (SSSR count). The lowest BCUT2D eigenvalue weighted by Gasteiger charge is -2.27. The van der Waals surface area contributed by atoms with Gasteiger partial charge >= 0.3 is 0 Å². The zero-order valence-corrected chi connectivity index (χ0v) is 18.5. The Balaban J connectivity index is 1.36. The van der Waals surface area contributed by atoms with Gasteiger partial charge in [0.1, 0.15) is 0 Å². The Bertz CT molecular complexity index is 1320. The van der Waals surface area contributed by atoms with Crippen molar-refractivity contribution in [2.45, 2.75) is 32.2 Å². The average molecular weight is 442 g/mol. The number of hydrogen-bond donors (Lipinski definition) is 1. The van der Waals surface area contributed by atoms with Gasteiger partial charge in [-0.15, -0.1) is 0 Å². The molecule has 0 saturated carbocycles. The number of para-hydroxylation sites is 2. The van der Waals surface area contributed by atoms with E-state index in [0.717, 1.165) is 48.3 Å². The second-order valence-corrected chi connectivity index (χ2v) is 8.37. The van der Waals surface area contributed by atoms with Crippen LogP contribution in [0.25, 0.3) is 16.7 Å². The van der Waals surface area contributed by atoms with Crippen LogP contribution in [0.5, 0.6) is 0 Å². The predicted octanol–water partition coefficient (Wildman–Crippen LogP) is 4.21. The number of carbonyl (C=O) groups excluding carboxylic acids is 1. The molecule has 0 spiro atoms. The number of carbonyl (C=O) groups is 1. The maximum absolute atomic E-state index is 13.4. The third-order valence-corrected chi connectivity index (χ3v) is 6.09. The molecule has 168 valence electrons. The van der Waals surface area contributed by atoms with Crippen LogP contribution in [0.1, 0.15) is 25.7 Å². The normalized spacial score (nSPS) is 13.9. The number of aryl methyl sites for hydroxylation is 1. The van der Waals surface area contributed by atoms with Gasteiger partial charge < -0.3 is 19.4 Å². The molecular formula is C26H27N5O2. The van der Waals surface area contributed by atoms with Crippen LogP contribution in [0.15, 0.2) is 77.9 Å². The summed E-state index contributed by atoms with van der Waals surface area (Å²) >= 11 is 0. The Kier molecular flexibility index (Phi) is 5.93. The van der Waals surface area contributed by atoms with E-state index in [9.17, 15) is 9.59 Å². The Morgan fingerprint density at radius 3 is 2.55 bits per heavy atom. The molecule has 1 aliphatic heterocycles. The van der Waals surface area contributed by atoms with E-state index in [4.69, 9.17) is 0 Å². The molecule has 1 amide bonds. The van der Waals surface area contributed by atoms with Gasteiger partial charge in [-0.05, 0) is 61.7 Å². The summed E-state index contributed by atoms with van der Waals surface area (Å²) in [5, 5.41) is 2.97. The minimum absolute atomic E-state index is 0.127. The summed E-state index contributed by atoms with van der Waals surface area (Å²) < 4.78 is 3.68. The van der Waals surface area contributed by atoms with Gasteiger partial charge in [0.2, 0.25) is 5.91 Å². The second kappa shape index (κ2) is 9.32. The first-order valence-corrected chi connectivity index (χ1v) is 11.5. The molecule has 0 aliphatic carbocycles. The van der Waals surface area contributed by atoms with Crippen LogP contribution in [0.3, 0.4) is 0 Å². The van der Waals surface area contributed by atoms with Gasteiger partial charge in [-0.3, -0.25) is 9.59 Å². The van der Waals surface area contributed by atoms with Crippen molar-refractivity contribution < 1.29 is 4.79 Å². The number of nitrogens with one attached hydrogen (secondary N) is 1. The van der Waals surface area contributed by atoms with E-state index in [-0.39, 0.29) is 17.9 Å². The number of piperidine rings is 1. The Labute approximate surface area is 192 Å². The highest BCUT2D eigenvalue weighted by atomic mass is 16.2. The highest BCUT2D eigenvalue weighted by Gasteiger charge is 2.19. The molecule has 7 heteroatoms. The van der Waals surface area contributed by atoms with Crippen molar-refractivity contribution in [2.75, 3.05) is 23.3 Å². The van der Waals surface area contributed by atoms with Crippen LogP contribution in [-0.4, -0.2) is 33.1 Å². The van der Waals surface area contributed by atoms with Crippen molar-refractivity contribution >= 4 is 28.4 Å². The number of fused-ring (bicyclic) bond motifs is 1. The second-order valence-electron chi connectivity index (χ2n) is 8.37. The van der Waals surface area contributed by atoms with Crippen LogP contribution in [0.2, 0.25) is 0 Å². The molecule has 3 heterocycles. The lowest BCUT2D eigenvalue weighted by Crippen LogP contribution is -2.37. The number of hydrogen-bond acceptors (Lipinski definition) is 4. The van der Waals surface area contributed by atoms with E-state index in [0.29, 0.717) is 12.4 Å². The Morgan fingerprint density at radius 1 is 0.939 bits per heavy atom. The predicted molar refractivity (Wildman–Crippen MR) is 131 cm³/mol. The minimum atomic E-state index is -0.132. The number of aromatic nitrogens is 3. The van der Waals surface area contributed by atoms with Gasteiger partial charge in [0.05, 0.1) is 11.0 Å². The number of anilines is 2.